The van der Waals surface area contributed by atoms with Crippen molar-refractivity contribution in [3.05, 3.63) is 59.3 Å². The van der Waals surface area contributed by atoms with E-state index in [2.05, 4.69) is 5.32 Å². The molecule has 0 aliphatic carbocycles. The van der Waals surface area contributed by atoms with Gasteiger partial charge in [-0.3, -0.25) is 19.0 Å². The number of phenols is 1. The number of aryl methyl sites for hydroxylation is 1. The maximum absolute atomic E-state index is 13.2. The first-order valence-electron chi connectivity index (χ1n) is 9.25. The maximum atomic E-state index is 13.2. The highest BCUT2D eigenvalue weighted by atomic mass is 16.3. The molecule has 7 heteroatoms. The molecule has 7 nitrogen and oxygen atoms in total. The number of aromatic nitrogens is 1. The van der Waals surface area contributed by atoms with Crippen LogP contribution in [-0.4, -0.2) is 27.4 Å². The molecule has 0 saturated heterocycles. The summed E-state index contributed by atoms with van der Waals surface area (Å²) < 4.78 is 1.52. The van der Waals surface area contributed by atoms with E-state index in [9.17, 15) is 19.5 Å². The van der Waals surface area contributed by atoms with E-state index in [0.717, 1.165) is 5.56 Å². The fraction of sp³-hybridized carbons (Fsp3) is 0.227. The monoisotopic (exact) mass is 393 g/mol. The standard InChI is InChI=1S/C22H23N3O4/c1-12(2)16-10-14(5-7-18(16)26)22(29)25-9-8-15-17(6-4-13(3)21(15)25)24-20(28)11-19(23)27/h4-10,12,26H,11H2,1-3H3,(H2,23,27)(H,24,28). The highest BCUT2D eigenvalue weighted by Gasteiger charge is 2.18. The van der Waals surface area contributed by atoms with Crippen molar-refractivity contribution in [2.75, 3.05) is 5.32 Å². The molecule has 29 heavy (non-hydrogen) atoms. The quantitative estimate of drug-likeness (QED) is 0.577. The van der Waals surface area contributed by atoms with Gasteiger partial charge in [0.05, 0.1) is 11.2 Å². The molecule has 0 bridgehead atoms. The van der Waals surface area contributed by atoms with Crippen LogP contribution in [0.5, 0.6) is 5.75 Å². The molecule has 1 heterocycles. The minimum Gasteiger partial charge on any atom is -0.508 e. The zero-order chi connectivity index (χ0) is 21.3. The Hall–Kier alpha value is -3.61. The largest absolute Gasteiger partial charge is 0.508 e. The minimum atomic E-state index is -0.716. The zero-order valence-corrected chi connectivity index (χ0v) is 16.5. The fourth-order valence-electron chi connectivity index (χ4n) is 3.35. The predicted molar refractivity (Wildman–Crippen MR) is 111 cm³/mol. The van der Waals surface area contributed by atoms with Crippen molar-refractivity contribution < 1.29 is 19.5 Å². The number of nitrogens with two attached hydrogens (primary N) is 1. The van der Waals surface area contributed by atoms with E-state index in [1.165, 1.54) is 10.6 Å². The number of hydrogen-bond donors (Lipinski definition) is 3. The smallest absolute Gasteiger partial charge is 0.262 e. The number of carbonyl (C=O) groups excluding carboxylic acids is 3. The molecule has 0 atom stereocenters. The second-order valence-corrected chi connectivity index (χ2v) is 7.30. The second kappa shape index (κ2) is 7.79. The summed E-state index contributed by atoms with van der Waals surface area (Å²) in [7, 11) is 0. The normalized spacial score (nSPS) is 11.0. The number of carbonyl (C=O) groups is 3. The van der Waals surface area contributed by atoms with Gasteiger partial charge in [0.1, 0.15) is 12.2 Å². The molecule has 0 fully saturated rings. The summed E-state index contributed by atoms with van der Waals surface area (Å²) in [5, 5.41) is 13.4. The van der Waals surface area contributed by atoms with Crippen LogP contribution < -0.4 is 11.1 Å². The molecule has 0 aliphatic heterocycles. The molecule has 0 aliphatic rings. The minimum absolute atomic E-state index is 0.0676. The first-order chi connectivity index (χ1) is 13.7. The molecule has 4 N–H and O–H groups in total. The summed E-state index contributed by atoms with van der Waals surface area (Å²) in [6, 6.07) is 10.1. The number of fused-ring (bicyclic) bond motifs is 1. The van der Waals surface area contributed by atoms with Crippen LogP contribution in [0.15, 0.2) is 42.6 Å². The molecule has 2 aromatic carbocycles. The SMILES string of the molecule is Cc1ccc(NC(=O)CC(N)=O)c2ccn(C(=O)c3ccc(O)c(C(C)C)c3)c12. The van der Waals surface area contributed by atoms with Crippen LogP contribution in [-0.2, 0) is 9.59 Å². The van der Waals surface area contributed by atoms with E-state index >= 15 is 0 Å². The molecule has 1 aromatic heterocycles. The summed E-state index contributed by atoms with van der Waals surface area (Å²) in [5.74, 6) is -1.25. The van der Waals surface area contributed by atoms with Gasteiger partial charge >= 0.3 is 0 Å². The van der Waals surface area contributed by atoms with E-state index in [-0.39, 0.29) is 17.6 Å². The van der Waals surface area contributed by atoms with Gasteiger partial charge in [-0.2, -0.15) is 0 Å². The van der Waals surface area contributed by atoms with E-state index in [1.807, 2.05) is 20.8 Å². The molecule has 150 valence electrons. The Morgan fingerprint density at radius 3 is 2.52 bits per heavy atom. The van der Waals surface area contributed by atoms with E-state index in [4.69, 9.17) is 5.73 Å². The van der Waals surface area contributed by atoms with Crippen LogP contribution in [0, 0.1) is 6.92 Å². The number of hydrogen-bond acceptors (Lipinski definition) is 4. The van der Waals surface area contributed by atoms with Gasteiger partial charge in [0, 0.05) is 17.1 Å². The van der Waals surface area contributed by atoms with E-state index in [0.29, 0.717) is 27.7 Å². The van der Waals surface area contributed by atoms with Gasteiger partial charge < -0.3 is 16.2 Å². The van der Waals surface area contributed by atoms with Crippen molar-refractivity contribution >= 4 is 34.3 Å². The third kappa shape index (κ3) is 3.99. The van der Waals surface area contributed by atoms with Gasteiger partial charge in [-0.1, -0.05) is 19.9 Å². The molecule has 0 saturated carbocycles. The molecular formula is C22H23N3O4. The molecule has 3 aromatic rings. The van der Waals surface area contributed by atoms with Crippen LogP contribution >= 0.6 is 0 Å². The van der Waals surface area contributed by atoms with Gasteiger partial charge in [0.15, 0.2) is 0 Å². The average Bonchev–Trinajstić information content (AvgIpc) is 3.09. The topological polar surface area (TPSA) is 114 Å². The lowest BCUT2D eigenvalue weighted by atomic mass is 9.99. The number of phenolic OH excluding ortho intramolecular Hbond substituents is 1. The molecule has 3 rings (SSSR count). The number of benzene rings is 2. The molecule has 0 unspecified atom stereocenters. The third-order valence-corrected chi connectivity index (χ3v) is 4.77. The van der Waals surface area contributed by atoms with Crippen molar-refractivity contribution in [1.82, 2.24) is 4.57 Å². The zero-order valence-electron chi connectivity index (χ0n) is 16.5. The Labute approximate surface area is 168 Å². The van der Waals surface area contributed by atoms with Gasteiger partial charge in [-0.05, 0) is 54.3 Å². The van der Waals surface area contributed by atoms with E-state index in [1.54, 1.807) is 36.5 Å². The van der Waals surface area contributed by atoms with E-state index < -0.39 is 18.2 Å². The third-order valence-electron chi connectivity index (χ3n) is 4.77. The number of nitrogens with one attached hydrogen (secondary N) is 1. The molecule has 0 spiro atoms. The maximum Gasteiger partial charge on any atom is 0.262 e. The van der Waals surface area contributed by atoms with Gasteiger partial charge in [-0.25, -0.2) is 0 Å². The Kier molecular flexibility index (Phi) is 5.41. The Bertz CT molecular complexity index is 1130. The summed E-state index contributed by atoms with van der Waals surface area (Å²) in [6.45, 7) is 5.76. The molecular weight excluding hydrogens is 370 g/mol. The van der Waals surface area contributed by atoms with Crippen LogP contribution in [0.3, 0.4) is 0 Å². The number of nitrogens with zero attached hydrogens (tertiary/aromatic N) is 1. The lowest BCUT2D eigenvalue weighted by Gasteiger charge is -2.12. The number of aromatic hydroxyl groups is 1. The Balaban J connectivity index is 2.04. The summed E-state index contributed by atoms with van der Waals surface area (Å²) in [6.07, 6.45) is 1.23. The van der Waals surface area contributed by atoms with Gasteiger partial charge in [0.25, 0.3) is 5.91 Å². The van der Waals surface area contributed by atoms with Gasteiger partial charge in [-0.15, -0.1) is 0 Å². The summed E-state index contributed by atoms with van der Waals surface area (Å²) in [4.78, 5) is 36.1. The number of primary amides is 1. The van der Waals surface area contributed by atoms with Crippen molar-refractivity contribution in [3.63, 3.8) is 0 Å². The van der Waals surface area contributed by atoms with Crippen molar-refractivity contribution in [2.45, 2.75) is 33.1 Å². The predicted octanol–water partition coefficient (Wildman–Crippen LogP) is 3.28. The van der Waals surface area contributed by atoms with Crippen LogP contribution in [0.25, 0.3) is 10.9 Å². The van der Waals surface area contributed by atoms with Crippen LogP contribution in [0.4, 0.5) is 5.69 Å². The lowest BCUT2D eigenvalue weighted by molar-refractivity contribution is -0.124. The van der Waals surface area contributed by atoms with Crippen LogP contribution in [0.2, 0.25) is 0 Å². The summed E-state index contributed by atoms with van der Waals surface area (Å²) in [5.41, 5.74) is 8.23. The molecule has 2 amide bonds. The van der Waals surface area contributed by atoms with Gasteiger partial charge in [0.2, 0.25) is 11.8 Å². The molecule has 0 radical (unpaired) electrons. The Morgan fingerprint density at radius 1 is 1.14 bits per heavy atom. The summed E-state index contributed by atoms with van der Waals surface area (Å²) >= 11 is 0. The number of rotatable bonds is 5. The average molecular weight is 393 g/mol. The lowest BCUT2D eigenvalue weighted by Crippen LogP contribution is -2.21. The number of amides is 2. The van der Waals surface area contributed by atoms with Crippen molar-refractivity contribution in [3.8, 4) is 5.75 Å². The van der Waals surface area contributed by atoms with Crippen molar-refractivity contribution in [2.24, 2.45) is 5.73 Å². The first-order valence-corrected chi connectivity index (χ1v) is 9.25. The Morgan fingerprint density at radius 2 is 1.86 bits per heavy atom. The first kappa shape index (κ1) is 20.1. The highest BCUT2D eigenvalue weighted by molar-refractivity contribution is 6.10. The number of anilines is 1. The highest BCUT2D eigenvalue weighted by Crippen LogP contribution is 2.30. The second-order valence-electron chi connectivity index (χ2n) is 7.30. The van der Waals surface area contributed by atoms with Crippen LogP contribution in [0.1, 0.15) is 47.7 Å². The fourth-order valence-corrected chi connectivity index (χ4v) is 3.35. The van der Waals surface area contributed by atoms with Crippen molar-refractivity contribution in [1.29, 1.82) is 0 Å².